The van der Waals surface area contributed by atoms with E-state index in [4.69, 9.17) is 13.9 Å². The number of fused-ring (bicyclic) bond motifs is 1. The van der Waals surface area contributed by atoms with Gasteiger partial charge in [0.05, 0.1) is 12.0 Å². The standard InChI is InChI=1S/C21H20O11/c22-7-14-16(27)17(28)18(29)21(31-14)32-20-15(26)12(25)5-10-11(24)6-13(30-19(10)20)8-1-3-9(23)4-2-8/h1-6,14,16-18,21-23,25-29H,7H2/t14-,16-,17+,18-,21+/m1/s1. The molecule has 2 heterocycles. The maximum Gasteiger partial charge on any atom is 0.229 e. The van der Waals surface area contributed by atoms with Gasteiger partial charge in [0.25, 0.3) is 0 Å². The number of hydrogen-bond donors (Lipinski definition) is 7. The number of phenols is 3. The zero-order valence-electron chi connectivity index (χ0n) is 16.3. The van der Waals surface area contributed by atoms with Gasteiger partial charge in [0.15, 0.2) is 16.8 Å². The molecule has 1 aromatic heterocycles. The molecule has 11 nitrogen and oxygen atoms in total. The number of hydrogen-bond acceptors (Lipinski definition) is 11. The van der Waals surface area contributed by atoms with Crippen LogP contribution in [0, 0.1) is 0 Å². The van der Waals surface area contributed by atoms with Gasteiger partial charge < -0.3 is 49.6 Å². The summed E-state index contributed by atoms with van der Waals surface area (Å²) in [5.74, 6) is -2.08. The van der Waals surface area contributed by atoms with Crippen molar-refractivity contribution in [3.63, 3.8) is 0 Å². The quantitative estimate of drug-likeness (QED) is 0.261. The van der Waals surface area contributed by atoms with Crippen LogP contribution in [-0.2, 0) is 4.74 Å². The van der Waals surface area contributed by atoms with Crippen molar-refractivity contribution in [2.75, 3.05) is 6.61 Å². The van der Waals surface area contributed by atoms with Gasteiger partial charge in [-0.3, -0.25) is 4.79 Å². The third-order valence-electron chi connectivity index (χ3n) is 5.16. The number of ether oxygens (including phenoxy) is 2. The van der Waals surface area contributed by atoms with Crippen molar-refractivity contribution in [1.82, 2.24) is 0 Å². The topological polar surface area (TPSA) is 190 Å². The molecule has 4 rings (SSSR count). The summed E-state index contributed by atoms with van der Waals surface area (Å²) < 4.78 is 16.5. The highest BCUT2D eigenvalue weighted by molar-refractivity contribution is 5.89. The first-order valence-corrected chi connectivity index (χ1v) is 9.50. The van der Waals surface area contributed by atoms with Crippen molar-refractivity contribution in [1.29, 1.82) is 0 Å². The maximum absolute atomic E-state index is 12.7. The van der Waals surface area contributed by atoms with Gasteiger partial charge in [-0.2, -0.15) is 0 Å². The molecule has 3 aromatic rings. The summed E-state index contributed by atoms with van der Waals surface area (Å²) in [6.07, 6.45) is -8.19. The summed E-state index contributed by atoms with van der Waals surface area (Å²) in [5, 5.41) is 69.2. The van der Waals surface area contributed by atoms with E-state index >= 15 is 0 Å². The third-order valence-corrected chi connectivity index (χ3v) is 5.16. The van der Waals surface area contributed by atoms with Crippen LogP contribution in [0.3, 0.4) is 0 Å². The van der Waals surface area contributed by atoms with Crippen LogP contribution in [0.1, 0.15) is 0 Å². The fourth-order valence-corrected chi connectivity index (χ4v) is 3.40. The number of aliphatic hydroxyl groups is 4. The fraction of sp³-hybridized carbons (Fsp3) is 0.286. The summed E-state index contributed by atoms with van der Waals surface area (Å²) in [7, 11) is 0. The molecule has 0 aliphatic carbocycles. The van der Waals surface area contributed by atoms with Crippen molar-refractivity contribution in [2.24, 2.45) is 0 Å². The Bertz CT molecular complexity index is 1190. The number of benzene rings is 2. The SMILES string of the molecule is O=c1cc(-c2ccc(O)cc2)oc2c(O[C@@H]3O[C@H](CO)[C@@H](O)[C@H](O)[C@H]3O)c(O)c(O)cc12. The Kier molecular flexibility index (Phi) is 5.67. The molecule has 32 heavy (non-hydrogen) atoms. The normalized spacial score (nSPS) is 25.7. The summed E-state index contributed by atoms with van der Waals surface area (Å²) >= 11 is 0. The second-order valence-corrected chi connectivity index (χ2v) is 7.29. The first kappa shape index (κ1) is 21.9. The molecule has 11 heteroatoms. The van der Waals surface area contributed by atoms with Crippen molar-refractivity contribution in [3.8, 4) is 34.3 Å². The Balaban J connectivity index is 1.83. The highest BCUT2D eigenvalue weighted by atomic mass is 16.7. The van der Waals surface area contributed by atoms with Crippen molar-refractivity contribution < 1.29 is 49.6 Å². The van der Waals surface area contributed by atoms with Crippen molar-refractivity contribution in [3.05, 3.63) is 46.6 Å². The summed E-state index contributed by atoms with van der Waals surface area (Å²) in [6.45, 7) is -0.711. The molecule has 0 saturated carbocycles. The van der Waals surface area contributed by atoms with Gasteiger partial charge in [-0.25, -0.2) is 0 Å². The van der Waals surface area contributed by atoms with Crippen LogP contribution in [0.2, 0.25) is 0 Å². The molecule has 7 N–H and O–H groups in total. The third kappa shape index (κ3) is 3.72. The van der Waals surface area contributed by atoms with Gasteiger partial charge in [-0.15, -0.1) is 0 Å². The fourth-order valence-electron chi connectivity index (χ4n) is 3.40. The molecule has 2 aromatic carbocycles. The predicted octanol–water partition coefficient (Wildman–Crippen LogP) is -0.245. The predicted molar refractivity (Wildman–Crippen MR) is 107 cm³/mol. The Labute approximate surface area is 179 Å². The second kappa shape index (κ2) is 8.30. The van der Waals surface area contributed by atoms with E-state index in [0.29, 0.717) is 5.56 Å². The molecule has 1 aliphatic rings. The van der Waals surface area contributed by atoms with Crippen LogP contribution < -0.4 is 10.2 Å². The summed E-state index contributed by atoms with van der Waals surface area (Å²) in [5.41, 5.74) is -0.482. The zero-order chi connectivity index (χ0) is 23.2. The Morgan fingerprint density at radius 3 is 2.28 bits per heavy atom. The molecular weight excluding hydrogens is 428 g/mol. The molecule has 170 valence electrons. The van der Waals surface area contributed by atoms with Crippen LogP contribution >= 0.6 is 0 Å². The Morgan fingerprint density at radius 1 is 0.938 bits per heavy atom. The van der Waals surface area contributed by atoms with E-state index in [2.05, 4.69) is 0 Å². The molecule has 0 amide bonds. The number of aliphatic hydroxyl groups excluding tert-OH is 4. The van der Waals surface area contributed by atoms with Gasteiger partial charge in [0.2, 0.25) is 17.8 Å². The molecule has 1 fully saturated rings. The van der Waals surface area contributed by atoms with Crippen LogP contribution in [0.4, 0.5) is 0 Å². The minimum Gasteiger partial charge on any atom is -0.508 e. The zero-order valence-corrected chi connectivity index (χ0v) is 16.3. The van der Waals surface area contributed by atoms with Gasteiger partial charge in [-0.1, -0.05) is 0 Å². The number of phenolic OH excluding ortho intramolecular Hbond substituents is 3. The molecule has 0 radical (unpaired) electrons. The largest absolute Gasteiger partial charge is 0.508 e. The smallest absolute Gasteiger partial charge is 0.229 e. The molecule has 5 atom stereocenters. The molecule has 0 unspecified atom stereocenters. The first-order chi connectivity index (χ1) is 15.2. The summed E-state index contributed by atoms with van der Waals surface area (Å²) in [4.78, 5) is 12.7. The highest BCUT2D eigenvalue weighted by Gasteiger charge is 2.45. The van der Waals surface area contributed by atoms with Crippen LogP contribution in [0.5, 0.6) is 23.0 Å². The average molecular weight is 448 g/mol. The van der Waals surface area contributed by atoms with Crippen molar-refractivity contribution >= 4 is 11.0 Å². The van der Waals surface area contributed by atoms with Crippen LogP contribution in [-0.4, -0.2) is 73.1 Å². The van der Waals surface area contributed by atoms with E-state index in [0.717, 1.165) is 12.1 Å². The molecule has 0 bridgehead atoms. The van der Waals surface area contributed by atoms with E-state index in [1.165, 1.54) is 24.3 Å². The molecular formula is C21H20O11. The average Bonchev–Trinajstić information content (AvgIpc) is 2.78. The lowest BCUT2D eigenvalue weighted by Gasteiger charge is -2.39. The van der Waals surface area contributed by atoms with E-state index in [9.17, 15) is 40.5 Å². The molecule has 1 aliphatic heterocycles. The van der Waals surface area contributed by atoms with Gasteiger partial charge in [-0.05, 0) is 30.3 Å². The summed E-state index contributed by atoms with van der Waals surface area (Å²) in [6, 6.07) is 7.83. The number of rotatable bonds is 4. The monoisotopic (exact) mass is 448 g/mol. The van der Waals surface area contributed by atoms with Gasteiger partial charge in [0.1, 0.15) is 35.9 Å². The highest BCUT2D eigenvalue weighted by Crippen LogP contribution is 2.43. The Hall–Kier alpha value is -3.35. The first-order valence-electron chi connectivity index (χ1n) is 9.50. The van der Waals surface area contributed by atoms with Gasteiger partial charge >= 0.3 is 0 Å². The van der Waals surface area contributed by atoms with Crippen LogP contribution in [0.25, 0.3) is 22.3 Å². The van der Waals surface area contributed by atoms with E-state index in [1.807, 2.05) is 0 Å². The molecule has 0 spiro atoms. The van der Waals surface area contributed by atoms with E-state index in [-0.39, 0.29) is 22.5 Å². The molecule has 1 saturated heterocycles. The Morgan fingerprint density at radius 2 is 1.62 bits per heavy atom. The van der Waals surface area contributed by atoms with Crippen LogP contribution in [0.15, 0.2) is 45.6 Å². The lowest BCUT2D eigenvalue weighted by molar-refractivity contribution is -0.277. The number of aromatic hydroxyl groups is 3. The van der Waals surface area contributed by atoms with E-state index in [1.54, 1.807) is 0 Å². The van der Waals surface area contributed by atoms with Gasteiger partial charge in [0, 0.05) is 11.6 Å². The van der Waals surface area contributed by atoms with Crippen molar-refractivity contribution in [2.45, 2.75) is 30.7 Å². The maximum atomic E-state index is 12.7. The minimum atomic E-state index is -1.81. The second-order valence-electron chi connectivity index (χ2n) is 7.29. The minimum absolute atomic E-state index is 0.00825. The lowest BCUT2D eigenvalue weighted by atomic mass is 9.99. The lowest BCUT2D eigenvalue weighted by Crippen LogP contribution is -2.60. The van der Waals surface area contributed by atoms with E-state index < -0.39 is 60.0 Å².